The molecule has 0 aliphatic rings. The number of aromatic nitrogens is 2. The maximum absolute atomic E-state index is 13.6. The van der Waals surface area contributed by atoms with Crippen molar-refractivity contribution in [3.8, 4) is 5.69 Å². The minimum absolute atomic E-state index is 0.120. The Hall–Kier alpha value is -3.93. The maximum atomic E-state index is 13.6. The molecule has 2 amide bonds. The Bertz CT molecular complexity index is 1260. The number of rotatable bonds is 7. The smallest absolute Gasteiger partial charge is 0.343 e. The Labute approximate surface area is 194 Å². The molecule has 13 heteroatoms. The lowest BCUT2D eigenvalue weighted by atomic mass is 10.2. The minimum Gasteiger partial charge on any atom is -0.452 e. The molecule has 2 aromatic carbocycles. The Balaban J connectivity index is 1.54. The summed E-state index contributed by atoms with van der Waals surface area (Å²) in [6.45, 7) is 0.0184. The SMILES string of the molecule is Cc1nn(-c2ccc(F)cc2)c(Cl)c1C(=O)OCC(=O)NCC(=O)Nc1ccc(F)c(F)c1F. The van der Waals surface area contributed by atoms with Crippen LogP contribution in [0.15, 0.2) is 36.4 Å². The molecular weight excluding hydrogens is 484 g/mol. The van der Waals surface area contributed by atoms with Gasteiger partial charge in [-0.2, -0.15) is 5.10 Å². The number of nitrogens with zero attached hydrogens (tertiary/aromatic N) is 2. The van der Waals surface area contributed by atoms with Gasteiger partial charge in [-0.15, -0.1) is 0 Å². The summed E-state index contributed by atoms with van der Waals surface area (Å²) in [4.78, 5) is 36.1. The Morgan fingerprint density at radius 2 is 1.68 bits per heavy atom. The quantitative estimate of drug-likeness (QED) is 0.296. The van der Waals surface area contributed by atoms with E-state index >= 15 is 0 Å². The zero-order valence-corrected chi connectivity index (χ0v) is 18.1. The molecule has 0 aliphatic carbocycles. The highest BCUT2D eigenvalue weighted by molar-refractivity contribution is 6.33. The molecule has 1 aromatic heterocycles. The number of amides is 2. The van der Waals surface area contributed by atoms with Gasteiger partial charge in [0.1, 0.15) is 16.5 Å². The summed E-state index contributed by atoms with van der Waals surface area (Å²) in [5.41, 5.74) is -0.166. The van der Waals surface area contributed by atoms with Crippen molar-refractivity contribution in [1.82, 2.24) is 15.1 Å². The number of anilines is 1. The van der Waals surface area contributed by atoms with Crippen LogP contribution in [0.4, 0.5) is 23.2 Å². The largest absolute Gasteiger partial charge is 0.452 e. The molecule has 0 unspecified atom stereocenters. The predicted molar refractivity (Wildman–Crippen MR) is 112 cm³/mol. The minimum atomic E-state index is -1.76. The highest BCUT2D eigenvalue weighted by Gasteiger charge is 2.23. The lowest BCUT2D eigenvalue weighted by Crippen LogP contribution is -2.35. The van der Waals surface area contributed by atoms with Gasteiger partial charge in [0.15, 0.2) is 24.1 Å². The van der Waals surface area contributed by atoms with Gasteiger partial charge >= 0.3 is 5.97 Å². The van der Waals surface area contributed by atoms with Gasteiger partial charge in [0.25, 0.3) is 5.91 Å². The van der Waals surface area contributed by atoms with Gasteiger partial charge in [-0.25, -0.2) is 27.0 Å². The second kappa shape index (κ2) is 10.3. The van der Waals surface area contributed by atoms with Crippen molar-refractivity contribution in [3.63, 3.8) is 0 Å². The van der Waals surface area contributed by atoms with Crippen LogP contribution < -0.4 is 10.6 Å². The fourth-order valence-corrected chi connectivity index (χ4v) is 3.08. The molecule has 0 spiro atoms. The van der Waals surface area contributed by atoms with E-state index in [2.05, 4.69) is 10.4 Å². The number of ether oxygens (including phenoxy) is 1. The van der Waals surface area contributed by atoms with E-state index < -0.39 is 59.9 Å². The van der Waals surface area contributed by atoms with E-state index in [0.29, 0.717) is 11.8 Å². The summed E-state index contributed by atoms with van der Waals surface area (Å²) < 4.78 is 58.9. The van der Waals surface area contributed by atoms with Crippen molar-refractivity contribution in [2.24, 2.45) is 0 Å². The summed E-state index contributed by atoms with van der Waals surface area (Å²) in [6.07, 6.45) is 0. The van der Waals surface area contributed by atoms with Gasteiger partial charge in [0.05, 0.1) is 23.6 Å². The highest BCUT2D eigenvalue weighted by atomic mass is 35.5. The first-order chi connectivity index (χ1) is 16.1. The molecule has 1 heterocycles. The Morgan fingerprint density at radius 3 is 2.35 bits per heavy atom. The molecule has 0 fully saturated rings. The number of benzene rings is 2. The molecule has 0 bridgehead atoms. The number of carbonyl (C=O) groups excluding carboxylic acids is 3. The van der Waals surface area contributed by atoms with Gasteiger partial charge in [0.2, 0.25) is 5.91 Å². The monoisotopic (exact) mass is 498 g/mol. The van der Waals surface area contributed by atoms with Crippen LogP contribution in [-0.2, 0) is 14.3 Å². The average molecular weight is 499 g/mol. The van der Waals surface area contributed by atoms with E-state index in [0.717, 1.165) is 6.07 Å². The molecule has 3 rings (SSSR count). The summed E-state index contributed by atoms with van der Waals surface area (Å²) in [5.74, 6) is -8.05. The Morgan fingerprint density at radius 1 is 1.00 bits per heavy atom. The number of aryl methyl sites for hydroxylation is 1. The van der Waals surface area contributed by atoms with E-state index in [-0.39, 0.29) is 16.4 Å². The van der Waals surface area contributed by atoms with Crippen LogP contribution in [-0.4, -0.2) is 40.7 Å². The van der Waals surface area contributed by atoms with Gasteiger partial charge in [0, 0.05) is 0 Å². The molecule has 34 heavy (non-hydrogen) atoms. The summed E-state index contributed by atoms with van der Waals surface area (Å²) >= 11 is 6.20. The third kappa shape index (κ3) is 5.52. The topological polar surface area (TPSA) is 102 Å². The van der Waals surface area contributed by atoms with Gasteiger partial charge < -0.3 is 15.4 Å². The van der Waals surface area contributed by atoms with Crippen molar-refractivity contribution in [3.05, 3.63) is 76.1 Å². The first-order valence-electron chi connectivity index (χ1n) is 9.46. The standard InChI is InChI=1S/C21H15ClF4N4O4/c1-10-17(20(22)30(29-10)12-4-2-11(23)3-5-12)21(33)34-9-16(32)27-8-15(31)28-14-7-6-13(24)18(25)19(14)26/h2-7H,8-9H2,1H3,(H,27,32)(H,28,31). The number of hydrogen-bond acceptors (Lipinski definition) is 5. The third-order valence-electron chi connectivity index (χ3n) is 4.37. The van der Waals surface area contributed by atoms with Crippen LogP contribution in [0.2, 0.25) is 5.15 Å². The van der Waals surface area contributed by atoms with E-state index in [1.165, 1.54) is 35.9 Å². The summed E-state index contributed by atoms with van der Waals surface area (Å²) in [7, 11) is 0. The normalized spacial score (nSPS) is 10.6. The summed E-state index contributed by atoms with van der Waals surface area (Å²) in [5, 5.41) is 8.06. The third-order valence-corrected chi connectivity index (χ3v) is 4.72. The van der Waals surface area contributed by atoms with Crippen molar-refractivity contribution in [1.29, 1.82) is 0 Å². The number of esters is 1. The molecule has 2 N–H and O–H groups in total. The van der Waals surface area contributed by atoms with Crippen LogP contribution in [0.25, 0.3) is 5.69 Å². The van der Waals surface area contributed by atoms with E-state index in [4.69, 9.17) is 16.3 Å². The van der Waals surface area contributed by atoms with Crippen LogP contribution in [0, 0.1) is 30.2 Å². The number of nitrogens with one attached hydrogen (secondary N) is 2. The zero-order chi connectivity index (χ0) is 25.0. The number of carbonyl (C=O) groups is 3. The molecule has 178 valence electrons. The maximum Gasteiger partial charge on any atom is 0.343 e. The molecule has 0 saturated heterocycles. The fraction of sp³-hybridized carbons (Fsp3) is 0.143. The number of hydrogen-bond donors (Lipinski definition) is 2. The van der Waals surface area contributed by atoms with E-state index in [1.54, 1.807) is 0 Å². The second-order valence-electron chi connectivity index (χ2n) is 6.76. The molecule has 8 nitrogen and oxygen atoms in total. The summed E-state index contributed by atoms with van der Waals surface area (Å²) in [6, 6.07) is 6.59. The molecule has 0 aliphatic heterocycles. The predicted octanol–water partition coefficient (Wildman–Crippen LogP) is 3.30. The Kier molecular flexibility index (Phi) is 7.51. The highest BCUT2D eigenvalue weighted by Crippen LogP contribution is 2.24. The average Bonchev–Trinajstić information content (AvgIpc) is 3.10. The second-order valence-corrected chi connectivity index (χ2v) is 7.12. The van der Waals surface area contributed by atoms with Crippen molar-refractivity contribution in [2.45, 2.75) is 6.92 Å². The van der Waals surface area contributed by atoms with Crippen LogP contribution in [0.1, 0.15) is 16.1 Å². The zero-order valence-electron chi connectivity index (χ0n) is 17.3. The molecule has 0 atom stereocenters. The first-order valence-corrected chi connectivity index (χ1v) is 9.84. The van der Waals surface area contributed by atoms with E-state index in [1.807, 2.05) is 5.32 Å². The fourth-order valence-electron chi connectivity index (χ4n) is 2.73. The molecule has 0 radical (unpaired) electrons. The van der Waals surface area contributed by atoms with Crippen LogP contribution in [0.5, 0.6) is 0 Å². The van der Waals surface area contributed by atoms with Crippen LogP contribution in [0.3, 0.4) is 0 Å². The molecule has 3 aromatic rings. The molecule has 0 saturated carbocycles. The van der Waals surface area contributed by atoms with Crippen molar-refractivity contribution >= 4 is 35.1 Å². The van der Waals surface area contributed by atoms with Gasteiger partial charge in [-0.05, 0) is 43.3 Å². The van der Waals surface area contributed by atoms with Crippen LogP contribution >= 0.6 is 11.6 Å². The van der Waals surface area contributed by atoms with E-state index in [9.17, 15) is 31.9 Å². The van der Waals surface area contributed by atoms with Crippen molar-refractivity contribution in [2.75, 3.05) is 18.5 Å². The lowest BCUT2D eigenvalue weighted by molar-refractivity contribution is -0.126. The number of halogens is 5. The molecular formula is C21H15ClF4N4O4. The lowest BCUT2D eigenvalue weighted by Gasteiger charge is -2.09. The van der Waals surface area contributed by atoms with Crippen molar-refractivity contribution < 1.29 is 36.7 Å². The van der Waals surface area contributed by atoms with Gasteiger partial charge in [-0.3, -0.25) is 9.59 Å². The van der Waals surface area contributed by atoms with Gasteiger partial charge in [-0.1, -0.05) is 11.6 Å². The first kappa shape index (κ1) is 24.7.